The predicted octanol–water partition coefficient (Wildman–Crippen LogP) is 4.55. The number of para-hydroxylation sites is 1. The van der Waals surface area contributed by atoms with Crippen LogP contribution in [-0.4, -0.2) is 7.05 Å². The van der Waals surface area contributed by atoms with Crippen molar-refractivity contribution in [2.75, 3.05) is 7.05 Å². The van der Waals surface area contributed by atoms with Crippen LogP contribution in [0, 0.1) is 5.82 Å². The maximum absolute atomic E-state index is 13.9. The average Bonchev–Trinajstić information content (AvgIpc) is 2.44. The average molecular weight is 294 g/mol. The van der Waals surface area contributed by atoms with Gasteiger partial charge in [0.25, 0.3) is 0 Å². The molecule has 0 bridgehead atoms. The zero-order valence-electron chi connectivity index (χ0n) is 11.5. The second-order valence-corrected chi connectivity index (χ2v) is 4.87. The van der Waals surface area contributed by atoms with Gasteiger partial charge in [0.15, 0.2) is 11.6 Å². The number of hydrogen-bond donors (Lipinski definition) is 1. The zero-order valence-corrected chi connectivity index (χ0v) is 12.3. The molecule has 0 saturated carbocycles. The number of nitrogens with one attached hydrogen (secondary N) is 1. The van der Waals surface area contributed by atoms with Gasteiger partial charge in [0.05, 0.1) is 0 Å². The zero-order chi connectivity index (χ0) is 14.5. The van der Waals surface area contributed by atoms with E-state index in [4.69, 9.17) is 16.3 Å². The van der Waals surface area contributed by atoms with Crippen molar-refractivity contribution in [1.82, 2.24) is 5.32 Å². The SMILES string of the molecule is CCc1cc(Oc2c(F)cccc2CNC)ccc1Cl. The lowest BCUT2D eigenvalue weighted by Gasteiger charge is -2.13. The van der Waals surface area contributed by atoms with Gasteiger partial charge < -0.3 is 10.1 Å². The summed E-state index contributed by atoms with van der Waals surface area (Å²) >= 11 is 6.07. The van der Waals surface area contributed by atoms with Crippen LogP contribution >= 0.6 is 11.6 Å². The first kappa shape index (κ1) is 14.8. The van der Waals surface area contributed by atoms with Crippen molar-refractivity contribution in [3.05, 3.63) is 58.4 Å². The van der Waals surface area contributed by atoms with Crippen molar-refractivity contribution < 1.29 is 9.13 Å². The van der Waals surface area contributed by atoms with Gasteiger partial charge in [0, 0.05) is 17.1 Å². The molecule has 1 N–H and O–H groups in total. The number of benzene rings is 2. The minimum absolute atomic E-state index is 0.256. The van der Waals surface area contributed by atoms with Crippen molar-refractivity contribution in [3.8, 4) is 11.5 Å². The van der Waals surface area contributed by atoms with Crippen LogP contribution < -0.4 is 10.1 Å². The lowest BCUT2D eigenvalue weighted by molar-refractivity contribution is 0.434. The second-order valence-electron chi connectivity index (χ2n) is 4.47. The second kappa shape index (κ2) is 6.73. The number of rotatable bonds is 5. The lowest BCUT2D eigenvalue weighted by atomic mass is 10.1. The molecule has 0 aliphatic rings. The molecule has 0 aromatic heterocycles. The van der Waals surface area contributed by atoms with E-state index < -0.39 is 0 Å². The summed E-state index contributed by atoms with van der Waals surface area (Å²) in [7, 11) is 1.81. The van der Waals surface area contributed by atoms with Gasteiger partial charge in [-0.05, 0) is 43.3 Å². The van der Waals surface area contributed by atoms with E-state index in [-0.39, 0.29) is 11.6 Å². The van der Waals surface area contributed by atoms with Crippen LogP contribution in [0.1, 0.15) is 18.1 Å². The minimum atomic E-state index is -0.370. The highest BCUT2D eigenvalue weighted by atomic mass is 35.5. The monoisotopic (exact) mass is 293 g/mol. The minimum Gasteiger partial charge on any atom is -0.454 e. The summed E-state index contributed by atoms with van der Waals surface area (Å²) in [5.74, 6) is 0.477. The molecule has 2 nitrogen and oxygen atoms in total. The molecule has 0 spiro atoms. The summed E-state index contributed by atoms with van der Waals surface area (Å²) < 4.78 is 19.7. The van der Waals surface area contributed by atoms with Crippen molar-refractivity contribution in [3.63, 3.8) is 0 Å². The topological polar surface area (TPSA) is 21.3 Å². The molecule has 20 heavy (non-hydrogen) atoms. The summed E-state index contributed by atoms with van der Waals surface area (Å²) in [6.45, 7) is 2.56. The fraction of sp³-hybridized carbons (Fsp3) is 0.250. The maximum atomic E-state index is 13.9. The molecule has 0 aliphatic carbocycles. The van der Waals surface area contributed by atoms with Crippen LogP contribution in [0.5, 0.6) is 11.5 Å². The maximum Gasteiger partial charge on any atom is 0.167 e. The molecule has 0 heterocycles. The van der Waals surface area contributed by atoms with Crippen molar-refractivity contribution in [2.24, 2.45) is 0 Å². The Labute approximate surface area is 123 Å². The van der Waals surface area contributed by atoms with E-state index in [1.54, 1.807) is 18.2 Å². The highest BCUT2D eigenvalue weighted by Crippen LogP contribution is 2.30. The Hall–Kier alpha value is -1.58. The van der Waals surface area contributed by atoms with Crippen LogP contribution in [0.2, 0.25) is 5.02 Å². The first-order valence-electron chi connectivity index (χ1n) is 6.54. The highest BCUT2D eigenvalue weighted by Gasteiger charge is 2.11. The van der Waals surface area contributed by atoms with Crippen LogP contribution in [0.4, 0.5) is 4.39 Å². The number of aryl methyl sites for hydroxylation is 1. The molecule has 106 valence electrons. The molecule has 0 saturated heterocycles. The summed E-state index contributed by atoms with van der Waals surface area (Å²) in [6.07, 6.45) is 0.802. The molecule has 2 aromatic rings. The summed E-state index contributed by atoms with van der Waals surface area (Å²) in [4.78, 5) is 0. The van der Waals surface area contributed by atoms with Gasteiger partial charge >= 0.3 is 0 Å². The van der Waals surface area contributed by atoms with E-state index in [0.29, 0.717) is 17.3 Å². The summed E-state index contributed by atoms with van der Waals surface area (Å²) in [5, 5.41) is 3.70. The van der Waals surface area contributed by atoms with Gasteiger partial charge in [-0.25, -0.2) is 4.39 Å². The van der Waals surface area contributed by atoms with E-state index in [9.17, 15) is 4.39 Å². The molecule has 0 fully saturated rings. The quantitative estimate of drug-likeness (QED) is 0.873. The van der Waals surface area contributed by atoms with Gasteiger partial charge in [-0.15, -0.1) is 0 Å². The molecule has 2 rings (SSSR count). The Morgan fingerprint density at radius 1 is 1.20 bits per heavy atom. The molecular weight excluding hydrogens is 277 g/mol. The number of halogens is 2. The largest absolute Gasteiger partial charge is 0.454 e. The summed E-state index contributed by atoms with van der Waals surface area (Å²) in [5.41, 5.74) is 1.76. The van der Waals surface area contributed by atoms with Crippen LogP contribution in [0.15, 0.2) is 36.4 Å². The lowest BCUT2D eigenvalue weighted by Crippen LogP contribution is -2.07. The third-order valence-corrected chi connectivity index (χ3v) is 3.40. The standard InChI is InChI=1S/C16H17ClFNO/c1-3-11-9-13(7-8-14(11)17)20-16-12(10-19-2)5-4-6-15(16)18/h4-9,19H,3,10H2,1-2H3. The Morgan fingerprint density at radius 3 is 2.70 bits per heavy atom. The Bertz CT molecular complexity index is 601. The van der Waals surface area contributed by atoms with E-state index in [1.807, 2.05) is 26.1 Å². The number of ether oxygens (including phenoxy) is 1. The molecule has 0 aliphatic heterocycles. The predicted molar refractivity (Wildman–Crippen MR) is 80.1 cm³/mol. The van der Waals surface area contributed by atoms with Crippen LogP contribution in [0.25, 0.3) is 0 Å². The Kier molecular flexibility index (Phi) is 4.99. The first-order chi connectivity index (χ1) is 9.65. The molecular formula is C16H17ClFNO. The fourth-order valence-electron chi connectivity index (χ4n) is 2.00. The summed E-state index contributed by atoms with van der Waals surface area (Å²) in [6, 6.07) is 10.3. The molecule has 2 aromatic carbocycles. The molecule has 0 radical (unpaired) electrons. The van der Waals surface area contributed by atoms with Crippen molar-refractivity contribution in [1.29, 1.82) is 0 Å². The van der Waals surface area contributed by atoms with E-state index in [0.717, 1.165) is 17.5 Å². The first-order valence-corrected chi connectivity index (χ1v) is 6.91. The van der Waals surface area contributed by atoms with Gasteiger partial charge in [-0.1, -0.05) is 30.7 Å². The highest BCUT2D eigenvalue weighted by molar-refractivity contribution is 6.31. The fourth-order valence-corrected chi connectivity index (χ4v) is 2.25. The van der Waals surface area contributed by atoms with E-state index >= 15 is 0 Å². The van der Waals surface area contributed by atoms with Crippen molar-refractivity contribution >= 4 is 11.6 Å². The molecule has 0 atom stereocenters. The number of hydrogen-bond acceptors (Lipinski definition) is 2. The van der Waals surface area contributed by atoms with Crippen molar-refractivity contribution in [2.45, 2.75) is 19.9 Å². The third kappa shape index (κ3) is 3.30. The third-order valence-electron chi connectivity index (χ3n) is 3.03. The molecule has 0 amide bonds. The van der Waals surface area contributed by atoms with Gasteiger partial charge in [-0.2, -0.15) is 0 Å². The van der Waals surface area contributed by atoms with Gasteiger partial charge in [0.1, 0.15) is 5.75 Å². The smallest absolute Gasteiger partial charge is 0.167 e. The van der Waals surface area contributed by atoms with Gasteiger partial charge in [0.2, 0.25) is 0 Å². The van der Waals surface area contributed by atoms with E-state index in [1.165, 1.54) is 6.07 Å². The van der Waals surface area contributed by atoms with Gasteiger partial charge in [-0.3, -0.25) is 0 Å². The van der Waals surface area contributed by atoms with Crippen LogP contribution in [0.3, 0.4) is 0 Å². The molecule has 0 unspecified atom stereocenters. The molecule has 4 heteroatoms. The Morgan fingerprint density at radius 2 is 2.00 bits per heavy atom. The Balaban J connectivity index is 2.34. The van der Waals surface area contributed by atoms with E-state index in [2.05, 4.69) is 5.32 Å². The normalized spacial score (nSPS) is 10.6. The van der Waals surface area contributed by atoms with Crippen LogP contribution in [-0.2, 0) is 13.0 Å².